The van der Waals surface area contributed by atoms with Crippen LogP contribution in [-0.4, -0.2) is 39.7 Å². The number of nitriles is 1. The number of nitrogens with zero attached hydrogens (tertiary/aromatic N) is 3. The first-order valence-corrected chi connectivity index (χ1v) is 9.83. The van der Waals surface area contributed by atoms with Gasteiger partial charge < -0.3 is 9.64 Å². The van der Waals surface area contributed by atoms with Crippen molar-refractivity contribution in [1.82, 2.24) is 9.71 Å². The Morgan fingerprint density at radius 1 is 1.31 bits per heavy atom. The molecule has 2 aromatic rings. The van der Waals surface area contributed by atoms with E-state index < -0.39 is 10.0 Å². The van der Waals surface area contributed by atoms with Crippen LogP contribution in [0.15, 0.2) is 41.4 Å². The van der Waals surface area contributed by atoms with Gasteiger partial charge in [-0.2, -0.15) is 5.26 Å². The van der Waals surface area contributed by atoms with Crippen molar-refractivity contribution in [3.63, 3.8) is 0 Å². The lowest BCUT2D eigenvalue weighted by Gasteiger charge is -2.29. The van der Waals surface area contributed by atoms with Gasteiger partial charge in [0.2, 0.25) is 10.0 Å². The van der Waals surface area contributed by atoms with E-state index in [1.165, 1.54) is 18.2 Å². The number of hydrogen-bond acceptors (Lipinski definition) is 6. The van der Waals surface area contributed by atoms with Crippen molar-refractivity contribution in [2.24, 2.45) is 0 Å². The molecule has 0 radical (unpaired) electrons. The van der Waals surface area contributed by atoms with E-state index in [1.807, 2.05) is 12.1 Å². The third-order valence-electron chi connectivity index (χ3n) is 4.00. The molecule has 1 fully saturated rings. The van der Waals surface area contributed by atoms with Gasteiger partial charge in [0.1, 0.15) is 11.9 Å². The van der Waals surface area contributed by atoms with Gasteiger partial charge >= 0.3 is 0 Å². The molecule has 1 aromatic heterocycles. The molecule has 0 atom stereocenters. The molecule has 0 aliphatic carbocycles. The maximum atomic E-state index is 12.6. The molecule has 9 heteroatoms. The molecular formula is C17H17ClN4O3S. The fraction of sp³-hybridized carbons (Fsp3) is 0.294. The van der Waals surface area contributed by atoms with Crippen molar-refractivity contribution in [1.29, 1.82) is 5.26 Å². The minimum atomic E-state index is -3.79. The second kappa shape index (κ2) is 8.01. The van der Waals surface area contributed by atoms with Crippen molar-refractivity contribution < 1.29 is 13.2 Å². The molecule has 1 aliphatic rings. The highest BCUT2D eigenvalue weighted by atomic mass is 35.5. The van der Waals surface area contributed by atoms with Gasteiger partial charge in [-0.25, -0.2) is 18.1 Å². The SMILES string of the molecule is N#Cc1cc(S(=O)(=O)NCc2cccnc2N2CCOCC2)ccc1Cl. The third kappa shape index (κ3) is 4.14. The Labute approximate surface area is 157 Å². The summed E-state index contributed by atoms with van der Waals surface area (Å²) in [6.07, 6.45) is 1.68. The number of nitrogens with one attached hydrogen (secondary N) is 1. The number of benzene rings is 1. The molecular weight excluding hydrogens is 376 g/mol. The summed E-state index contributed by atoms with van der Waals surface area (Å²) in [5.74, 6) is 0.743. The molecule has 1 aliphatic heterocycles. The van der Waals surface area contributed by atoms with Crippen LogP contribution in [0.5, 0.6) is 0 Å². The molecule has 1 N–H and O–H groups in total. The minimum Gasteiger partial charge on any atom is -0.378 e. The Kier molecular flexibility index (Phi) is 5.74. The molecule has 136 valence electrons. The van der Waals surface area contributed by atoms with Gasteiger partial charge in [-0.05, 0) is 24.3 Å². The number of morpholine rings is 1. The molecule has 0 amide bonds. The molecule has 0 unspecified atom stereocenters. The fourth-order valence-electron chi connectivity index (χ4n) is 2.64. The number of rotatable bonds is 5. The van der Waals surface area contributed by atoms with Gasteiger partial charge in [0.15, 0.2) is 0 Å². The summed E-state index contributed by atoms with van der Waals surface area (Å²) in [5.41, 5.74) is 0.886. The van der Waals surface area contributed by atoms with Gasteiger partial charge in [-0.15, -0.1) is 0 Å². The Bertz CT molecular complexity index is 937. The summed E-state index contributed by atoms with van der Waals surface area (Å²) < 4.78 is 33.0. The van der Waals surface area contributed by atoms with Crippen LogP contribution in [0.1, 0.15) is 11.1 Å². The average Bonchev–Trinajstić information content (AvgIpc) is 2.67. The highest BCUT2D eigenvalue weighted by molar-refractivity contribution is 7.89. The van der Waals surface area contributed by atoms with E-state index in [0.717, 1.165) is 11.4 Å². The summed E-state index contributed by atoms with van der Waals surface area (Å²) in [5, 5.41) is 9.24. The number of anilines is 1. The van der Waals surface area contributed by atoms with E-state index >= 15 is 0 Å². The second-order valence-electron chi connectivity index (χ2n) is 5.66. The largest absolute Gasteiger partial charge is 0.378 e. The normalized spacial score (nSPS) is 14.8. The molecule has 1 saturated heterocycles. The Morgan fingerprint density at radius 3 is 2.81 bits per heavy atom. The highest BCUT2D eigenvalue weighted by Gasteiger charge is 2.19. The highest BCUT2D eigenvalue weighted by Crippen LogP contribution is 2.21. The van der Waals surface area contributed by atoms with Crippen molar-refractivity contribution in [2.45, 2.75) is 11.4 Å². The zero-order chi connectivity index (χ0) is 18.6. The van der Waals surface area contributed by atoms with E-state index in [0.29, 0.717) is 26.3 Å². The topological polar surface area (TPSA) is 95.3 Å². The minimum absolute atomic E-state index is 0.00439. The van der Waals surface area contributed by atoms with E-state index in [1.54, 1.807) is 12.3 Å². The zero-order valence-electron chi connectivity index (χ0n) is 13.9. The number of aromatic nitrogens is 1. The second-order valence-corrected chi connectivity index (χ2v) is 7.84. The quantitative estimate of drug-likeness (QED) is 0.835. The van der Waals surface area contributed by atoms with Gasteiger partial charge in [0.05, 0.1) is 28.7 Å². The number of ether oxygens (including phenoxy) is 1. The molecule has 1 aromatic carbocycles. The van der Waals surface area contributed by atoms with Crippen LogP contribution in [0.2, 0.25) is 5.02 Å². The number of sulfonamides is 1. The van der Waals surface area contributed by atoms with Crippen LogP contribution in [0.3, 0.4) is 0 Å². The Balaban J connectivity index is 1.79. The third-order valence-corrected chi connectivity index (χ3v) is 5.73. The molecule has 0 spiro atoms. The summed E-state index contributed by atoms with van der Waals surface area (Å²) in [7, 11) is -3.79. The molecule has 0 bridgehead atoms. The number of pyridine rings is 1. The first-order valence-electron chi connectivity index (χ1n) is 7.97. The van der Waals surface area contributed by atoms with Crippen LogP contribution >= 0.6 is 11.6 Å². The monoisotopic (exact) mass is 392 g/mol. The predicted molar refractivity (Wildman–Crippen MR) is 97.5 cm³/mol. The lowest BCUT2D eigenvalue weighted by Crippen LogP contribution is -2.37. The predicted octanol–water partition coefficient (Wildman–Crippen LogP) is 1.92. The standard InChI is InChI=1S/C17H17ClN4O3S/c18-16-4-3-15(10-14(16)11-19)26(23,24)21-12-13-2-1-5-20-17(13)22-6-8-25-9-7-22/h1-5,10,21H,6-9,12H2. The molecule has 0 saturated carbocycles. The van der Waals surface area contributed by atoms with Crippen molar-refractivity contribution in [3.05, 3.63) is 52.7 Å². The van der Waals surface area contributed by atoms with Crippen LogP contribution in [0.4, 0.5) is 5.82 Å². The van der Waals surface area contributed by atoms with Gasteiger partial charge in [-0.1, -0.05) is 17.7 Å². The summed E-state index contributed by atoms with van der Waals surface area (Å²) in [6.45, 7) is 2.74. The average molecular weight is 393 g/mol. The maximum absolute atomic E-state index is 12.6. The summed E-state index contributed by atoms with van der Waals surface area (Å²) >= 11 is 5.86. The van der Waals surface area contributed by atoms with Crippen molar-refractivity contribution in [2.75, 3.05) is 31.2 Å². The number of hydrogen-bond donors (Lipinski definition) is 1. The van der Waals surface area contributed by atoms with Crippen LogP contribution in [0.25, 0.3) is 0 Å². The fourth-order valence-corrected chi connectivity index (χ4v) is 3.83. The summed E-state index contributed by atoms with van der Waals surface area (Å²) in [4.78, 5) is 6.46. The summed E-state index contributed by atoms with van der Waals surface area (Å²) in [6, 6.07) is 9.52. The van der Waals surface area contributed by atoms with Crippen LogP contribution < -0.4 is 9.62 Å². The number of halogens is 1. The first kappa shape index (κ1) is 18.6. The first-order chi connectivity index (χ1) is 12.5. The molecule has 7 nitrogen and oxygen atoms in total. The Hall–Kier alpha value is -2.18. The zero-order valence-corrected chi connectivity index (χ0v) is 15.4. The van der Waals surface area contributed by atoms with E-state index in [9.17, 15) is 8.42 Å². The van der Waals surface area contributed by atoms with Crippen LogP contribution in [-0.2, 0) is 21.3 Å². The maximum Gasteiger partial charge on any atom is 0.240 e. The van der Waals surface area contributed by atoms with Crippen molar-refractivity contribution in [3.8, 4) is 6.07 Å². The Morgan fingerprint density at radius 2 is 2.08 bits per heavy atom. The lowest BCUT2D eigenvalue weighted by molar-refractivity contribution is 0.122. The lowest BCUT2D eigenvalue weighted by atomic mass is 10.2. The van der Waals surface area contributed by atoms with Gasteiger partial charge in [0.25, 0.3) is 0 Å². The molecule has 2 heterocycles. The van der Waals surface area contributed by atoms with E-state index in [2.05, 4.69) is 14.6 Å². The van der Waals surface area contributed by atoms with Gasteiger partial charge in [-0.3, -0.25) is 0 Å². The van der Waals surface area contributed by atoms with Crippen molar-refractivity contribution >= 4 is 27.4 Å². The van der Waals surface area contributed by atoms with Gasteiger partial charge in [0, 0.05) is 31.4 Å². The smallest absolute Gasteiger partial charge is 0.240 e. The molecule has 26 heavy (non-hydrogen) atoms. The van der Waals surface area contributed by atoms with Crippen LogP contribution in [0, 0.1) is 11.3 Å². The van der Waals surface area contributed by atoms with E-state index in [-0.39, 0.29) is 22.0 Å². The van der Waals surface area contributed by atoms with E-state index in [4.69, 9.17) is 21.6 Å². The molecule has 3 rings (SSSR count).